The molecule has 1 fully saturated rings. The van der Waals surface area contributed by atoms with Gasteiger partial charge in [-0.2, -0.15) is 11.8 Å². The standard InChI is InChI=1S/C12H22N2O3S/c1-9(10(15)16)4-7-13-11(17)14-8-12(18-2)5-3-6-12/h9H,3-8H2,1-2H3,(H,15,16)(H2,13,14,17). The highest BCUT2D eigenvalue weighted by atomic mass is 32.2. The number of carboxylic acids is 1. The summed E-state index contributed by atoms with van der Waals surface area (Å²) in [4.78, 5) is 22.1. The summed E-state index contributed by atoms with van der Waals surface area (Å²) in [6, 6.07) is -0.201. The third kappa shape index (κ3) is 4.40. The number of carbonyl (C=O) groups is 2. The highest BCUT2D eigenvalue weighted by Gasteiger charge is 2.36. The number of rotatable bonds is 7. The van der Waals surface area contributed by atoms with E-state index < -0.39 is 11.9 Å². The minimum atomic E-state index is -0.826. The van der Waals surface area contributed by atoms with Gasteiger partial charge in [-0.1, -0.05) is 13.3 Å². The monoisotopic (exact) mass is 274 g/mol. The summed E-state index contributed by atoms with van der Waals surface area (Å²) in [6.45, 7) is 2.72. The molecule has 0 heterocycles. The average Bonchev–Trinajstić information content (AvgIpc) is 2.28. The van der Waals surface area contributed by atoms with Crippen molar-refractivity contribution in [3.05, 3.63) is 0 Å². The van der Waals surface area contributed by atoms with E-state index in [0.29, 0.717) is 19.5 Å². The van der Waals surface area contributed by atoms with Gasteiger partial charge in [0.05, 0.1) is 5.92 Å². The highest BCUT2D eigenvalue weighted by Crippen LogP contribution is 2.42. The fourth-order valence-corrected chi connectivity index (χ4v) is 2.77. The molecule has 1 saturated carbocycles. The number of hydrogen-bond acceptors (Lipinski definition) is 3. The van der Waals surface area contributed by atoms with Gasteiger partial charge in [0.2, 0.25) is 0 Å². The van der Waals surface area contributed by atoms with Crippen LogP contribution in [0.4, 0.5) is 4.79 Å². The molecule has 3 N–H and O–H groups in total. The van der Waals surface area contributed by atoms with Gasteiger partial charge in [0.1, 0.15) is 0 Å². The van der Waals surface area contributed by atoms with Crippen LogP contribution in [-0.2, 0) is 4.79 Å². The third-order valence-electron chi connectivity index (χ3n) is 3.55. The molecule has 0 aliphatic heterocycles. The van der Waals surface area contributed by atoms with Crippen molar-refractivity contribution in [1.29, 1.82) is 0 Å². The molecule has 104 valence electrons. The second kappa shape index (κ2) is 6.87. The minimum absolute atomic E-state index is 0.201. The topological polar surface area (TPSA) is 78.4 Å². The van der Waals surface area contributed by atoms with E-state index in [1.165, 1.54) is 6.42 Å². The molecule has 0 bridgehead atoms. The van der Waals surface area contributed by atoms with E-state index in [4.69, 9.17) is 5.11 Å². The summed E-state index contributed by atoms with van der Waals surface area (Å²) in [5.74, 6) is -1.25. The number of carbonyl (C=O) groups excluding carboxylic acids is 1. The third-order valence-corrected chi connectivity index (χ3v) is 4.97. The van der Waals surface area contributed by atoms with E-state index in [9.17, 15) is 9.59 Å². The first-order valence-corrected chi connectivity index (χ1v) is 7.51. The fraction of sp³-hybridized carbons (Fsp3) is 0.833. The minimum Gasteiger partial charge on any atom is -0.481 e. The van der Waals surface area contributed by atoms with Crippen molar-refractivity contribution in [1.82, 2.24) is 10.6 Å². The maximum atomic E-state index is 11.5. The molecule has 0 aromatic heterocycles. The molecule has 18 heavy (non-hydrogen) atoms. The van der Waals surface area contributed by atoms with Crippen LogP contribution < -0.4 is 10.6 Å². The van der Waals surface area contributed by atoms with E-state index in [2.05, 4.69) is 16.9 Å². The van der Waals surface area contributed by atoms with E-state index in [-0.39, 0.29) is 10.8 Å². The van der Waals surface area contributed by atoms with Crippen molar-refractivity contribution >= 4 is 23.8 Å². The Balaban J connectivity index is 2.12. The molecule has 1 rings (SSSR count). The summed E-state index contributed by atoms with van der Waals surface area (Å²) >= 11 is 1.81. The van der Waals surface area contributed by atoms with Gasteiger partial charge in [-0.05, 0) is 25.5 Å². The second-order valence-corrected chi connectivity index (χ2v) is 6.15. The van der Waals surface area contributed by atoms with Crippen molar-refractivity contribution in [3.63, 3.8) is 0 Å². The summed E-state index contributed by atoms with van der Waals surface area (Å²) in [5, 5.41) is 14.2. The first-order chi connectivity index (χ1) is 8.49. The number of aliphatic carboxylic acids is 1. The maximum Gasteiger partial charge on any atom is 0.314 e. The Kier molecular flexibility index (Phi) is 5.78. The fourth-order valence-electron chi connectivity index (χ4n) is 1.85. The molecule has 0 saturated heterocycles. The largest absolute Gasteiger partial charge is 0.481 e. The van der Waals surface area contributed by atoms with Crippen LogP contribution in [0.1, 0.15) is 32.6 Å². The SMILES string of the molecule is CSC1(CNC(=O)NCCC(C)C(=O)O)CCC1. The van der Waals surface area contributed by atoms with Crippen molar-refractivity contribution in [2.75, 3.05) is 19.3 Å². The number of carboxylic acid groups (broad SMARTS) is 1. The van der Waals surface area contributed by atoms with Gasteiger partial charge < -0.3 is 15.7 Å². The number of thioether (sulfide) groups is 1. The van der Waals surface area contributed by atoms with Crippen molar-refractivity contribution in [2.45, 2.75) is 37.4 Å². The Bertz CT molecular complexity index is 300. The number of nitrogens with one attached hydrogen (secondary N) is 2. The first-order valence-electron chi connectivity index (χ1n) is 6.29. The lowest BCUT2D eigenvalue weighted by atomic mass is 9.84. The zero-order valence-corrected chi connectivity index (χ0v) is 11.8. The molecule has 1 unspecified atom stereocenters. The van der Waals surface area contributed by atoms with Crippen LogP contribution in [0.2, 0.25) is 0 Å². The van der Waals surface area contributed by atoms with E-state index in [1.54, 1.807) is 6.92 Å². The normalized spacial score (nSPS) is 18.6. The summed E-state index contributed by atoms with van der Waals surface area (Å²) in [5.41, 5.74) is 0. The molecule has 1 atom stereocenters. The van der Waals surface area contributed by atoms with Crippen LogP contribution in [0, 0.1) is 5.92 Å². The predicted octanol–water partition coefficient (Wildman–Crippen LogP) is 1.68. The smallest absolute Gasteiger partial charge is 0.314 e. The lowest BCUT2D eigenvalue weighted by molar-refractivity contribution is -0.141. The molecule has 6 heteroatoms. The van der Waals surface area contributed by atoms with E-state index in [0.717, 1.165) is 12.8 Å². The van der Waals surface area contributed by atoms with Crippen molar-refractivity contribution in [3.8, 4) is 0 Å². The molecule has 5 nitrogen and oxygen atoms in total. The lowest BCUT2D eigenvalue weighted by Gasteiger charge is -2.40. The van der Waals surface area contributed by atoms with Crippen molar-refractivity contribution in [2.24, 2.45) is 5.92 Å². The molecule has 1 aliphatic carbocycles. The quantitative estimate of drug-likeness (QED) is 0.660. The number of hydrogen-bond donors (Lipinski definition) is 3. The van der Waals surface area contributed by atoms with Crippen LogP contribution >= 0.6 is 11.8 Å². The van der Waals surface area contributed by atoms with Crippen LogP contribution in [0.3, 0.4) is 0 Å². The Hall–Kier alpha value is -0.910. The Morgan fingerprint density at radius 3 is 2.50 bits per heavy atom. The van der Waals surface area contributed by atoms with Gasteiger partial charge in [0, 0.05) is 17.8 Å². The van der Waals surface area contributed by atoms with Crippen LogP contribution in [0.5, 0.6) is 0 Å². The Labute approximate surface area is 112 Å². The number of urea groups is 1. The van der Waals surface area contributed by atoms with Gasteiger partial charge in [-0.25, -0.2) is 4.79 Å². The average molecular weight is 274 g/mol. The second-order valence-electron chi connectivity index (χ2n) is 4.88. The number of amides is 2. The van der Waals surface area contributed by atoms with Crippen LogP contribution in [-0.4, -0.2) is 41.2 Å². The van der Waals surface area contributed by atoms with E-state index in [1.807, 2.05) is 11.8 Å². The highest BCUT2D eigenvalue weighted by molar-refractivity contribution is 8.00. The molecule has 0 spiro atoms. The van der Waals surface area contributed by atoms with E-state index >= 15 is 0 Å². The molecule has 0 aromatic rings. The Morgan fingerprint density at radius 1 is 1.39 bits per heavy atom. The molecule has 0 radical (unpaired) electrons. The molecular formula is C12H22N2O3S. The maximum absolute atomic E-state index is 11.5. The van der Waals surface area contributed by atoms with Gasteiger partial charge in [0.15, 0.2) is 0 Å². The van der Waals surface area contributed by atoms with Gasteiger partial charge in [0.25, 0.3) is 0 Å². The summed E-state index contributed by atoms with van der Waals surface area (Å²) in [7, 11) is 0. The zero-order chi connectivity index (χ0) is 13.6. The van der Waals surface area contributed by atoms with Gasteiger partial charge >= 0.3 is 12.0 Å². The summed E-state index contributed by atoms with van der Waals surface area (Å²) < 4.78 is 0.228. The van der Waals surface area contributed by atoms with Crippen molar-refractivity contribution < 1.29 is 14.7 Å². The van der Waals surface area contributed by atoms with Gasteiger partial charge in [-0.3, -0.25) is 4.79 Å². The van der Waals surface area contributed by atoms with Crippen LogP contribution in [0.15, 0.2) is 0 Å². The molecular weight excluding hydrogens is 252 g/mol. The first kappa shape index (κ1) is 15.1. The van der Waals surface area contributed by atoms with Gasteiger partial charge in [-0.15, -0.1) is 0 Å². The zero-order valence-electron chi connectivity index (χ0n) is 11.0. The van der Waals surface area contributed by atoms with Crippen LogP contribution in [0.25, 0.3) is 0 Å². The molecule has 2 amide bonds. The summed E-state index contributed by atoms with van der Waals surface area (Å²) in [6.07, 6.45) is 6.08. The Morgan fingerprint density at radius 2 is 2.06 bits per heavy atom. The molecule has 0 aromatic carbocycles. The molecule has 1 aliphatic rings. The lowest BCUT2D eigenvalue weighted by Crippen LogP contribution is -2.48. The predicted molar refractivity (Wildman–Crippen MR) is 72.9 cm³/mol.